The Morgan fingerprint density at radius 1 is 1.05 bits per heavy atom. The first-order valence-corrected chi connectivity index (χ1v) is 13.6. The van der Waals surface area contributed by atoms with Crippen LogP contribution in [0.4, 0.5) is 5.69 Å². The molecule has 2 aromatic rings. The van der Waals surface area contributed by atoms with Crippen molar-refractivity contribution in [3.05, 3.63) is 65.7 Å². The van der Waals surface area contributed by atoms with Crippen molar-refractivity contribution in [3.63, 3.8) is 0 Å². The number of esters is 1. The number of rotatable bonds is 7. The monoisotopic (exact) mass is 536 g/mol. The summed E-state index contributed by atoms with van der Waals surface area (Å²) >= 11 is 0. The third-order valence-electron chi connectivity index (χ3n) is 8.80. The lowest BCUT2D eigenvalue weighted by Crippen LogP contribution is -3.00. The van der Waals surface area contributed by atoms with E-state index in [0.717, 1.165) is 57.4 Å². The largest absolute Gasteiger partial charge is 1.00 e. The van der Waals surface area contributed by atoms with Crippen LogP contribution in [0.2, 0.25) is 0 Å². The minimum atomic E-state index is -0.814. The first kappa shape index (κ1) is 28.1. The maximum atomic E-state index is 14.0. The molecule has 0 aliphatic carbocycles. The fourth-order valence-corrected chi connectivity index (χ4v) is 6.50. The Labute approximate surface area is 231 Å². The Hall–Kier alpha value is -2.92. The number of nitrogens with one attached hydrogen (secondary N) is 1. The van der Waals surface area contributed by atoms with Crippen LogP contribution in [0, 0.1) is 17.2 Å². The first-order valence-electron chi connectivity index (χ1n) is 13.6. The molecule has 38 heavy (non-hydrogen) atoms. The molecule has 0 unspecified atom stereocenters. The van der Waals surface area contributed by atoms with E-state index in [1.54, 1.807) is 24.3 Å². The lowest BCUT2D eigenvalue weighted by atomic mass is 9.82. The van der Waals surface area contributed by atoms with E-state index in [4.69, 9.17) is 10.00 Å². The van der Waals surface area contributed by atoms with Gasteiger partial charge in [-0.05, 0) is 62.7 Å². The molecule has 6 rings (SSSR count). The fraction of sp³-hybridized carbons (Fsp3) is 0.500. The quantitative estimate of drug-likeness (QED) is 0.422. The molecule has 1 amide bonds. The Bertz CT molecular complexity index is 1150. The van der Waals surface area contributed by atoms with Crippen molar-refractivity contribution in [1.29, 1.82) is 5.26 Å². The number of ether oxygens (including phenoxy) is 1. The molecule has 0 aromatic heterocycles. The van der Waals surface area contributed by atoms with Gasteiger partial charge in [0.1, 0.15) is 12.1 Å². The number of hydrogen-bond acceptors (Lipinski definition) is 5. The van der Waals surface area contributed by atoms with Gasteiger partial charge >= 0.3 is 5.97 Å². The Balaban J connectivity index is 0.00000336. The average molecular weight is 537 g/mol. The average Bonchev–Trinajstić information content (AvgIpc) is 2.94. The van der Waals surface area contributed by atoms with Crippen LogP contribution in [0.5, 0.6) is 0 Å². The van der Waals surface area contributed by atoms with Gasteiger partial charge in [0, 0.05) is 24.4 Å². The molecule has 202 valence electrons. The second kappa shape index (κ2) is 11.9. The SMILES string of the molecule is C[C@@](C(=O)O[C@H]1C[N+]2(CC(=O)Nc3ccc(C#N)cc3)CCC1CC2)(c1ccccc1)N1CCCCC1.[Cl-]. The zero-order valence-corrected chi connectivity index (χ0v) is 22.8. The molecule has 4 aliphatic heterocycles. The molecule has 0 radical (unpaired) electrons. The summed E-state index contributed by atoms with van der Waals surface area (Å²) < 4.78 is 7.05. The molecule has 8 heteroatoms. The van der Waals surface area contributed by atoms with Gasteiger partial charge in [0.15, 0.2) is 12.6 Å². The number of carbonyl (C=O) groups is 2. The lowest BCUT2D eigenvalue weighted by molar-refractivity contribution is -0.939. The van der Waals surface area contributed by atoms with Crippen molar-refractivity contribution in [2.75, 3.05) is 44.6 Å². The highest BCUT2D eigenvalue weighted by Gasteiger charge is 2.51. The van der Waals surface area contributed by atoms with E-state index in [1.807, 2.05) is 37.3 Å². The van der Waals surface area contributed by atoms with Gasteiger partial charge in [-0.25, -0.2) is 4.79 Å². The third-order valence-corrected chi connectivity index (χ3v) is 8.80. The Morgan fingerprint density at radius 3 is 2.34 bits per heavy atom. The first-order chi connectivity index (χ1) is 17.9. The number of nitrogens with zero attached hydrogens (tertiary/aromatic N) is 3. The van der Waals surface area contributed by atoms with Crippen molar-refractivity contribution in [2.24, 2.45) is 5.92 Å². The van der Waals surface area contributed by atoms with Gasteiger partial charge in [0.2, 0.25) is 0 Å². The topological polar surface area (TPSA) is 82.4 Å². The summed E-state index contributed by atoms with van der Waals surface area (Å²) in [6.07, 6.45) is 5.14. The minimum absolute atomic E-state index is 0. The van der Waals surface area contributed by atoms with Gasteiger partial charge in [-0.3, -0.25) is 9.69 Å². The van der Waals surface area contributed by atoms with Crippen molar-refractivity contribution >= 4 is 17.6 Å². The molecule has 0 spiro atoms. The number of halogens is 1. The number of benzene rings is 2. The molecular weight excluding hydrogens is 500 g/mol. The number of quaternary nitrogens is 1. The second-order valence-electron chi connectivity index (χ2n) is 11.1. The van der Waals surface area contributed by atoms with Gasteiger partial charge < -0.3 is 26.9 Å². The van der Waals surface area contributed by atoms with E-state index in [0.29, 0.717) is 34.7 Å². The summed E-state index contributed by atoms with van der Waals surface area (Å²) in [7, 11) is 0. The lowest BCUT2D eigenvalue weighted by Gasteiger charge is -2.52. The van der Waals surface area contributed by atoms with E-state index in [2.05, 4.69) is 16.3 Å². The smallest absolute Gasteiger partial charge is 0.331 e. The van der Waals surface area contributed by atoms with Crippen LogP contribution in [0.3, 0.4) is 0 Å². The summed E-state index contributed by atoms with van der Waals surface area (Å²) in [5.41, 5.74) is 1.42. The van der Waals surface area contributed by atoms with Gasteiger partial charge in [-0.1, -0.05) is 36.8 Å². The molecule has 2 atom stereocenters. The molecule has 4 heterocycles. The third kappa shape index (κ3) is 5.73. The predicted molar refractivity (Wildman–Crippen MR) is 141 cm³/mol. The number of amides is 1. The molecule has 4 saturated heterocycles. The number of anilines is 1. The minimum Gasteiger partial charge on any atom is -1.00 e. The zero-order valence-electron chi connectivity index (χ0n) is 22.1. The van der Waals surface area contributed by atoms with Crippen LogP contribution >= 0.6 is 0 Å². The van der Waals surface area contributed by atoms with Gasteiger partial charge in [-0.2, -0.15) is 5.26 Å². The Morgan fingerprint density at radius 2 is 1.71 bits per heavy atom. The van der Waals surface area contributed by atoms with Crippen LogP contribution in [0.25, 0.3) is 0 Å². The molecule has 2 bridgehead atoms. The van der Waals surface area contributed by atoms with E-state index in [1.165, 1.54) is 6.42 Å². The van der Waals surface area contributed by atoms with E-state index in [9.17, 15) is 9.59 Å². The number of fused-ring (bicyclic) bond motifs is 3. The summed E-state index contributed by atoms with van der Waals surface area (Å²) in [6, 6.07) is 19.1. The van der Waals surface area contributed by atoms with Crippen molar-refractivity contribution in [2.45, 2.75) is 50.7 Å². The zero-order chi connectivity index (χ0) is 25.9. The molecule has 1 N–H and O–H groups in total. The van der Waals surface area contributed by atoms with Crippen molar-refractivity contribution < 1.29 is 31.2 Å². The summed E-state index contributed by atoms with van der Waals surface area (Å²) in [4.78, 5) is 29.2. The van der Waals surface area contributed by atoms with Crippen LogP contribution in [-0.2, 0) is 19.9 Å². The molecular formula is C30H37ClN4O3. The van der Waals surface area contributed by atoms with E-state index < -0.39 is 5.54 Å². The summed E-state index contributed by atoms with van der Waals surface area (Å²) in [6.45, 7) is 6.72. The standard InChI is InChI=1S/C30H36N4O3.ClH/c1-30(25-8-4-2-5-9-25,33-16-6-3-7-17-33)29(36)37-27-21-34(18-14-24(27)15-19-34)22-28(35)32-26-12-10-23(20-31)11-13-26;/h2,4-5,8-13,24,27H,3,6-7,14-19,21-22H2,1H3;1H/t24?,27-,30-,34?;/m0./s1. The normalized spacial score (nSPS) is 26.3. The van der Waals surface area contributed by atoms with Crippen LogP contribution in [-0.4, -0.2) is 66.6 Å². The number of carbonyl (C=O) groups excluding carboxylic acids is 2. The van der Waals surface area contributed by atoms with E-state index >= 15 is 0 Å². The summed E-state index contributed by atoms with van der Waals surface area (Å²) in [5, 5.41) is 12.0. The maximum Gasteiger partial charge on any atom is 0.331 e. The number of likely N-dealkylation sites (tertiary alicyclic amines) is 1. The second-order valence-corrected chi connectivity index (χ2v) is 11.1. The fourth-order valence-electron chi connectivity index (χ4n) is 6.50. The molecule has 7 nitrogen and oxygen atoms in total. The molecule has 0 saturated carbocycles. The summed E-state index contributed by atoms with van der Waals surface area (Å²) in [5.74, 6) is 0.143. The van der Waals surface area contributed by atoms with Gasteiger partial charge in [0.05, 0.1) is 24.7 Å². The van der Waals surface area contributed by atoms with Crippen LogP contribution in [0.15, 0.2) is 54.6 Å². The molecule has 2 aromatic carbocycles. The van der Waals surface area contributed by atoms with Crippen molar-refractivity contribution in [3.8, 4) is 6.07 Å². The number of piperidine rings is 4. The predicted octanol–water partition coefficient (Wildman–Crippen LogP) is 1.05. The van der Waals surface area contributed by atoms with E-state index in [-0.39, 0.29) is 30.4 Å². The molecule has 4 aliphatic rings. The Kier molecular flexibility index (Phi) is 8.77. The van der Waals surface area contributed by atoms with Crippen LogP contribution in [0.1, 0.15) is 50.2 Å². The van der Waals surface area contributed by atoms with Gasteiger partial charge in [-0.15, -0.1) is 0 Å². The number of nitriles is 1. The highest BCUT2D eigenvalue weighted by atomic mass is 35.5. The molecule has 4 fully saturated rings. The van der Waals surface area contributed by atoms with Crippen molar-refractivity contribution in [1.82, 2.24) is 4.90 Å². The highest BCUT2D eigenvalue weighted by Crippen LogP contribution is 2.38. The maximum absolute atomic E-state index is 14.0. The number of hydrogen-bond donors (Lipinski definition) is 1. The van der Waals surface area contributed by atoms with Gasteiger partial charge in [0.25, 0.3) is 5.91 Å². The van der Waals surface area contributed by atoms with Crippen LogP contribution < -0.4 is 17.7 Å². The highest BCUT2D eigenvalue weighted by molar-refractivity contribution is 5.91.